The Hall–Kier alpha value is -1.62. The van der Waals surface area contributed by atoms with Crippen LogP contribution in [0.1, 0.15) is 19.4 Å². The van der Waals surface area contributed by atoms with Crippen molar-refractivity contribution in [3.8, 4) is 0 Å². The summed E-state index contributed by atoms with van der Waals surface area (Å²) in [6, 6.07) is 9.54. The summed E-state index contributed by atoms with van der Waals surface area (Å²) < 4.78 is 2.48. The van der Waals surface area contributed by atoms with Gasteiger partial charge in [0.2, 0.25) is 0 Å². The van der Waals surface area contributed by atoms with Crippen LogP contribution in [0.5, 0.6) is 0 Å². The first kappa shape index (κ1) is 14.8. The fourth-order valence-electron chi connectivity index (χ4n) is 2.11. The number of aromatic nitrogens is 2. The van der Waals surface area contributed by atoms with E-state index in [-0.39, 0.29) is 5.56 Å². The van der Waals surface area contributed by atoms with E-state index in [1.54, 1.807) is 12.3 Å². The maximum atomic E-state index is 12.1. The fraction of sp³-hybridized carbons (Fsp3) is 0.333. The molecule has 2 aromatic rings. The van der Waals surface area contributed by atoms with Gasteiger partial charge in [-0.2, -0.15) is 5.10 Å². The standard InChI is InChI=1S/C15H18BrN3O/c1-3-18(4-2)14-9-15(20)19(17-10-14)11-12-6-5-7-13(16)8-12/h5-10H,3-4,11H2,1-2H3. The van der Waals surface area contributed by atoms with Crippen LogP contribution in [0, 0.1) is 0 Å². The summed E-state index contributed by atoms with van der Waals surface area (Å²) in [5, 5.41) is 4.27. The van der Waals surface area contributed by atoms with E-state index >= 15 is 0 Å². The smallest absolute Gasteiger partial charge is 0.269 e. The van der Waals surface area contributed by atoms with Gasteiger partial charge in [0.25, 0.3) is 5.56 Å². The highest BCUT2D eigenvalue weighted by molar-refractivity contribution is 9.10. The average Bonchev–Trinajstić information content (AvgIpc) is 2.43. The zero-order chi connectivity index (χ0) is 14.5. The summed E-state index contributed by atoms with van der Waals surface area (Å²) in [4.78, 5) is 14.2. The SMILES string of the molecule is CCN(CC)c1cnn(Cc2cccc(Br)c2)c(=O)c1. The van der Waals surface area contributed by atoms with E-state index in [1.165, 1.54) is 4.68 Å². The Kier molecular flexibility index (Phi) is 4.95. The number of hydrogen-bond acceptors (Lipinski definition) is 3. The highest BCUT2D eigenvalue weighted by Crippen LogP contribution is 2.13. The average molecular weight is 336 g/mol. The number of halogens is 1. The van der Waals surface area contributed by atoms with Crippen LogP contribution in [0.15, 0.2) is 45.8 Å². The van der Waals surface area contributed by atoms with Crippen LogP contribution in [0.2, 0.25) is 0 Å². The lowest BCUT2D eigenvalue weighted by molar-refractivity contribution is 0.636. The summed E-state index contributed by atoms with van der Waals surface area (Å²) in [7, 11) is 0. The minimum atomic E-state index is -0.0747. The Labute approximate surface area is 127 Å². The van der Waals surface area contributed by atoms with Gasteiger partial charge in [0, 0.05) is 23.6 Å². The molecule has 0 atom stereocenters. The van der Waals surface area contributed by atoms with Crippen molar-refractivity contribution in [2.45, 2.75) is 20.4 Å². The van der Waals surface area contributed by atoms with E-state index in [9.17, 15) is 4.79 Å². The third kappa shape index (κ3) is 3.48. The van der Waals surface area contributed by atoms with Crippen LogP contribution in [-0.4, -0.2) is 22.9 Å². The minimum absolute atomic E-state index is 0.0747. The van der Waals surface area contributed by atoms with Crippen molar-refractivity contribution < 1.29 is 0 Å². The number of rotatable bonds is 5. The highest BCUT2D eigenvalue weighted by Gasteiger charge is 2.06. The molecule has 0 N–H and O–H groups in total. The first-order valence-electron chi connectivity index (χ1n) is 6.70. The van der Waals surface area contributed by atoms with Gasteiger partial charge in [0.05, 0.1) is 18.4 Å². The van der Waals surface area contributed by atoms with Crippen LogP contribution in [0.3, 0.4) is 0 Å². The molecule has 0 unspecified atom stereocenters. The van der Waals surface area contributed by atoms with Crippen LogP contribution in [0.25, 0.3) is 0 Å². The monoisotopic (exact) mass is 335 g/mol. The summed E-state index contributed by atoms with van der Waals surface area (Å²) in [5.74, 6) is 0. The predicted molar refractivity (Wildman–Crippen MR) is 85.3 cm³/mol. The van der Waals surface area contributed by atoms with E-state index in [4.69, 9.17) is 0 Å². The Balaban J connectivity index is 2.24. The summed E-state index contributed by atoms with van der Waals surface area (Å²) >= 11 is 3.43. The maximum absolute atomic E-state index is 12.1. The second-order valence-electron chi connectivity index (χ2n) is 4.51. The molecular weight excluding hydrogens is 318 g/mol. The lowest BCUT2D eigenvalue weighted by Crippen LogP contribution is -2.28. The number of benzene rings is 1. The molecule has 4 nitrogen and oxygen atoms in total. The molecule has 0 fully saturated rings. The van der Waals surface area contributed by atoms with Crippen LogP contribution < -0.4 is 10.5 Å². The van der Waals surface area contributed by atoms with Gasteiger partial charge < -0.3 is 4.90 Å². The molecule has 2 rings (SSSR count). The van der Waals surface area contributed by atoms with E-state index in [0.717, 1.165) is 28.8 Å². The Morgan fingerprint density at radius 2 is 2.00 bits per heavy atom. The van der Waals surface area contributed by atoms with Crippen molar-refractivity contribution in [1.29, 1.82) is 0 Å². The van der Waals surface area contributed by atoms with Gasteiger partial charge in [0.1, 0.15) is 0 Å². The first-order valence-corrected chi connectivity index (χ1v) is 7.50. The Morgan fingerprint density at radius 3 is 2.60 bits per heavy atom. The maximum Gasteiger partial charge on any atom is 0.269 e. The van der Waals surface area contributed by atoms with Gasteiger partial charge in [-0.1, -0.05) is 28.1 Å². The largest absolute Gasteiger partial charge is 0.371 e. The lowest BCUT2D eigenvalue weighted by Gasteiger charge is -2.20. The molecule has 0 bridgehead atoms. The van der Waals surface area contributed by atoms with Crippen molar-refractivity contribution in [2.75, 3.05) is 18.0 Å². The molecule has 0 saturated carbocycles. The van der Waals surface area contributed by atoms with Crippen LogP contribution >= 0.6 is 15.9 Å². The topological polar surface area (TPSA) is 38.1 Å². The number of anilines is 1. The minimum Gasteiger partial charge on any atom is -0.371 e. The summed E-state index contributed by atoms with van der Waals surface area (Å²) in [6.07, 6.45) is 1.76. The molecule has 0 amide bonds. The molecule has 106 valence electrons. The second kappa shape index (κ2) is 6.70. The summed E-state index contributed by atoms with van der Waals surface area (Å²) in [6.45, 7) is 6.35. The van der Waals surface area contributed by atoms with E-state index in [1.807, 2.05) is 24.3 Å². The Bertz CT molecular complexity index is 635. The number of hydrogen-bond donors (Lipinski definition) is 0. The van der Waals surface area contributed by atoms with E-state index < -0.39 is 0 Å². The molecule has 0 aliphatic rings. The predicted octanol–water partition coefficient (Wildman–Crippen LogP) is 2.90. The molecule has 0 saturated heterocycles. The molecular formula is C15H18BrN3O. The zero-order valence-electron chi connectivity index (χ0n) is 11.7. The normalized spacial score (nSPS) is 10.6. The third-order valence-corrected chi connectivity index (χ3v) is 3.70. The summed E-state index contributed by atoms with van der Waals surface area (Å²) in [5.41, 5.74) is 1.85. The molecule has 1 aromatic heterocycles. The van der Waals surface area contributed by atoms with Crippen LogP contribution in [-0.2, 0) is 6.54 Å². The van der Waals surface area contributed by atoms with E-state index in [2.05, 4.69) is 39.8 Å². The van der Waals surface area contributed by atoms with Crippen molar-refractivity contribution in [3.63, 3.8) is 0 Å². The molecule has 0 spiro atoms. The van der Waals surface area contributed by atoms with Gasteiger partial charge >= 0.3 is 0 Å². The van der Waals surface area contributed by atoms with Crippen molar-refractivity contribution in [2.24, 2.45) is 0 Å². The van der Waals surface area contributed by atoms with Gasteiger partial charge in [0.15, 0.2) is 0 Å². The van der Waals surface area contributed by atoms with Gasteiger partial charge in [-0.05, 0) is 31.5 Å². The lowest BCUT2D eigenvalue weighted by atomic mass is 10.2. The highest BCUT2D eigenvalue weighted by atomic mass is 79.9. The number of nitrogens with zero attached hydrogens (tertiary/aromatic N) is 3. The third-order valence-electron chi connectivity index (χ3n) is 3.21. The quantitative estimate of drug-likeness (QED) is 0.843. The van der Waals surface area contributed by atoms with E-state index in [0.29, 0.717) is 6.54 Å². The van der Waals surface area contributed by atoms with Crippen molar-refractivity contribution in [1.82, 2.24) is 9.78 Å². The molecule has 0 aliphatic carbocycles. The zero-order valence-corrected chi connectivity index (χ0v) is 13.3. The molecule has 20 heavy (non-hydrogen) atoms. The molecule has 0 radical (unpaired) electrons. The molecule has 1 aromatic carbocycles. The molecule has 0 aliphatic heterocycles. The molecule has 1 heterocycles. The second-order valence-corrected chi connectivity index (χ2v) is 5.43. The first-order chi connectivity index (χ1) is 9.63. The van der Waals surface area contributed by atoms with Gasteiger partial charge in [-0.3, -0.25) is 4.79 Å². The van der Waals surface area contributed by atoms with Crippen molar-refractivity contribution >= 4 is 21.6 Å². The van der Waals surface area contributed by atoms with Crippen molar-refractivity contribution in [3.05, 3.63) is 56.9 Å². The van der Waals surface area contributed by atoms with Gasteiger partial charge in [-0.25, -0.2) is 4.68 Å². The molecule has 5 heteroatoms. The van der Waals surface area contributed by atoms with Gasteiger partial charge in [-0.15, -0.1) is 0 Å². The fourth-order valence-corrected chi connectivity index (χ4v) is 2.56. The van der Waals surface area contributed by atoms with Crippen LogP contribution in [0.4, 0.5) is 5.69 Å². The Morgan fingerprint density at radius 1 is 1.25 bits per heavy atom.